The summed E-state index contributed by atoms with van der Waals surface area (Å²) in [4.78, 5) is 13.7. The van der Waals surface area contributed by atoms with Gasteiger partial charge < -0.3 is 9.32 Å². The van der Waals surface area contributed by atoms with E-state index in [1.807, 2.05) is 27.0 Å². The maximum atomic E-state index is 12.1. The topological polar surface area (TPSA) is 33.5 Å². The molecule has 1 fully saturated rings. The minimum atomic E-state index is -0.129. The molecule has 1 aliphatic carbocycles. The van der Waals surface area contributed by atoms with E-state index in [0.29, 0.717) is 12.5 Å². The normalized spacial score (nSPS) is 23.5. The van der Waals surface area contributed by atoms with E-state index in [-0.39, 0.29) is 16.7 Å². The lowest BCUT2D eigenvalue weighted by atomic mass is 10.1. The average molecular weight is 328 g/mol. The average Bonchev–Trinajstić information content (AvgIpc) is 2.90. The number of amides is 1. The van der Waals surface area contributed by atoms with Crippen molar-refractivity contribution in [3.8, 4) is 0 Å². The van der Waals surface area contributed by atoms with Crippen LogP contribution in [-0.4, -0.2) is 22.7 Å². The number of hydrogen-bond acceptors (Lipinski definition) is 2. The Balaban J connectivity index is 1.93. The molecule has 0 radical (unpaired) electrons. The molecular formula is C15H22BrNO2. The van der Waals surface area contributed by atoms with Crippen LogP contribution in [0.2, 0.25) is 0 Å². The molecule has 1 saturated carbocycles. The maximum absolute atomic E-state index is 12.1. The van der Waals surface area contributed by atoms with Crippen molar-refractivity contribution in [2.45, 2.75) is 44.5 Å². The van der Waals surface area contributed by atoms with Crippen molar-refractivity contribution in [3.05, 3.63) is 23.7 Å². The standard InChI is InChI=1S/C15H22BrNO2/c1-9(2)14(16)15(18)17(4)8-11-5-6-13(19-11)12-7-10(12)3/h5-6,9-10,12,14H,7-8H2,1-4H3. The van der Waals surface area contributed by atoms with E-state index in [1.165, 1.54) is 6.42 Å². The first-order valence-electron chi connectivity index (χ1n) is 6.87. The van der Waals surface area contributed by atoms with Gasteiger partial charge in [0.2, 0.25) is 5.91 Å². The molecule has 0 saturated heterocycles. The fourth-order valence-electron chi connectivity index (χ4n) is 2.20. The molecule has 0 bridgehead atoms. The summed E-state index contributed by atoms with van der Waals surface area (Å²) in [5.74, 6) is 3.67. The number of halogens is 1. The lowest BCUT2D eigenvalue weighted by Crippen LogP contribution is -2.35. The lowest BCUT2D eigenvalue weighted by Gasteiger charge is -2.21. The molecule has 1 aromatic rings. The Morgan fingerprint density at radius 2 is 2.16 bits per heavy atom. The second kappa shape index (κ2) is 5.70. The summed E-state index contributed by atoms with van der Waals surface area (Å²) in [5, 5.41) is 0. The van der Waals surface area contributed by atoms with Gasteiger partial charge in [0.25, 0.3) is 0 Å². The van der Waals surface area contributed by atoms with Crippen LogP contribution >= 0.6 is 15.9 Å². The lowest BCUT2D eigenvalue weighted by molar-refractivity contribution is -0.130. The van der Waals surface area contributed by atoms with Crippen molar-refractivity contribution in [2.75, 3.05) is 7.05 Å². The van der Waals surface area contributed by atoms with E-state index in [0.717, 1.165) is 17.4 Å². The van der Waals surface area contributed by atoms with Gasteiger partial charge in [0.1, 0.15) is 11.5 Å². The number of carbonyl (C=O) groups excluding carboxylic acids is 1. The third kappa shape index (κ3) is 3.41. The van der Waals surface area contributed by atoms with Gasteiger partial charge in [0.05, 0.1) is 11.4 Å². The monoisotopic (exact) mass is 327 g/mol. The molecule has 0 aliphatic heterocycles. The highest BCUT2D eigenvalue weighted by atomic mass is 79.9. The van der Waals surface area contributed by atoms with Gasteiger partial charge in [-0.1, -0.05) is 36.7 Å². The van der Waals surface area contributed by atoms with E-state index < -0.39 is 0 Å². The van der Waals surface area contributed by atoms with Crippen molar-refractivity contribution in [1.29, 1.82) is 0 Å². The summed E-state index contributed by atoms with van der Waals surface area (Å²) in [6, 6.07) is 4.04. The summed E-state index contributed by atoms with van der Waals surface area (Å²) >= 11 is 3.45. The first-order valence-corrected chi connectivity index (χ1v) is 7.79. The number of carbonyl (C=O) groups is 1. The van der Waals surface area contributed by atoms with Gasteiger partial charge in [0, 0.05) is 13.0 Å². The maximum Gasteiger partial charge on any atom is 0.236 e. The molecule has 0 N–H and O–H groups in total. The number of rotatable bonds is 5. The van der Waals surface area contributed by atoms with Gasteiger partial charge in [-0.05, 0) is 30.4 Å². The van der Waals surface area contributed by atoms with Crippen molar-refractivity contribution in [2.24, 2.45) is 11.8 Å². The minimum Gasteiger partial charge on any atom is -0.464 e. The number of nitrogens with zero attached hydrogens (tertiary/aromatic N) is 1. The van der Waals surface area contributed by atoms with Gasteiger partial charge in [0.15, 0.2) is 0 Å². The van der Waals surface area contributed by atoms with Gasteiger partial charge in [-0.2, -0.15) is 0 Å². The fourth-order valence-corrected chi connectivity index (χ4v) is 2.55. The molecule has 0 aromatic carbocycles. The molecule has 1 aromatic heterocycles. The Bertz CT molecular complexity index is 455. The van der Waals surface area contributed by atoms with Crippen LogP contribution in [0.25, 0.3) is 0 Å². The Morgan fingerprint density at radius 1 is 1.53 bits per heavy atom. The molecule has 0 spiro atoms. The Hall–Kier alpha value is -0.770. The fraction of sp³-hybridized carbons (Fsp3) is 0.667. The highest BCUT2D eigenvalue weighted by Crippen LogP contribution is 2.47. The first-order chi connectivity index (χ1) is 8.90. The van der Waals surface area contributed by atoms with Crippen molar-refractivity contribution in [1.82, 2.24) is 4.90 Å². The third-order valence-electron chi connectivity index (χ3n) is 3.75. The van der Waals surface area contributed by atoms with E-state index >= 15 is 0 Å². The van der Waals surface area contributed by atoms with Gasteiger partial charge >= 0.3 is 0 Å². The van der Waals surface area contributed by atoms with E-state index in [1.54, 1.807) is 4.90 Å². The zero-order valence-electron chi connectivity index (χ0n) is 12.0. The van der Waals surface area contributed by atoms with Gasteiger partial charge in [-0.15, -0.1) is 0 Å². The molecule has 19 heavy (non-hydrogen) atoms. The molecule has 1 aliphatic rings. The summed E-state index contributed by atoms with van der Waals surface area (Å²) in [7, 11) is 1.82. The van der Waals surface area contributed by atoms with Crippen molar-refractivity contribution >= 4 is 21.8 Å². The first kappa shape index (κ1) is 14.6. The predicted octanol–water partition coefficient (Wildman–Crippen LogP) is 3.78. The second-order valence-electron chi connectivity index (χ2n) is 5.96. The zero-order valence-corrected chi connectivity index (χ0v) is 13.6. The number of furan rings is 1. The van der Waals surface area contributed by atoms with Crippen molar-refractivity contribution < 1.29 is 9.21 Å². The Morgan fingerprint density at radius 3 is 2.68 bits per heavy atom. The third-order valence-corrected chi connectivity index (χ3v) is 5.20. The summed E-state index contributed by atoms with van der Waals surface area (Å²) in [6.45, 7) is 6.84. The zero-order chi connectivity index (χ0) is 14.2. The van der Waals surface area contributed by atoms with E-state index in [4.69, 9.17) is 4.42 Å². The second-order valence-corrected chi connectivity index (χ2v) is 6.95. The minimum absolute atomic E-state index is 0.104. The SMILES string of the molecule is CC(C)C(Br)C(=O)N(C)Cc1ccc(C2CC2C)o1. The Labute approximate surface area is 123 Å². The molecule has 1 heterocycles. The quantitative estimate of drug-likeness (QED) is 0.771. The van der Waals surface area contributed by atoms with Crippen LogP contribution in [-0.2, 0) is 11.3 Å². The van der Waals surface area contributed by atoms with Crippen LogP contribution in [0.3, 0.4) is 0 Å². The number of alkyl halides is 1. The van der Waals surface area contributed by atoms with Crippen LogP contribution in [0, 0.1) is 11.8 Å². The molecular weight excluding hydrogens is 306 g/mol. The summed E-state index contributed by atoms with van der Waals surface area (Å²) in [6.07, 6.45) is 1.22. The number of hydrogen-bond donors (Lipinski definition) is 0. The van der Waals surface area contributed by atoms with Crippen LogP contribution in [0.15, 0.2) is 16.5 Å². The van der Waals surface area contributed by atoms with E-state index in [9.17, 15) is 4.79 Å². The molecule has 106 valence electrons. The Kier molecular flexibility index (Phi) is 4.39. The molecule has 3 unspecified atom stereocenters. The van der Waals surface area contributed by atoms with Gasteiger partial charge in [-0.3, -0.25) is 4.79 Å². The smallest absolute Gasteiger partial charge is 0.236 e. The van der Waals surface area contributed by atoms with Gasteiger partial charge in [-0.25, -0.2) is 0 Å². The molecule has 3 nitrogen and oxygen atoms in total. The highest BCUT2D eigenvalue weighted by molar-refractivity contribution is 9.10. The van der Waals surface area contributed by atoms with Crippen LogP contribution < -0.4 is 0 Å². The van der Waals surface area contributed by atoms with Crippen LogP contribution in [0.5, 0.6) is 0 Å². The molecule has 4 heteroatoms. The van der Waals surface area contributed by atoms with E-state index in [2.05, 4.69) is 28.9 Å². The van der Waals surface area contributed by atoms with Crippen LogP contribution in [0.4, 0.5) is 0 Å². The highest BCUT2D eigenvalue weighted by Gasteiger charge is 2.36. The molecule has 2 rings (SSSR count). The van der Waals surface area contributed by atoms with Crippen molar-refractivity contribution in [3.63, 3.8) is 0 Å². The predicted molar refractivity (Wildman–Crippen MR) is 79.3 cm³/mol. The molecule has 3 atom stereocenters. The van der Waals surface area contributed by atoms with Crippen LogP contribution in [0.1, 0.15) is 44.6 Å². The summed E-state index contributed by atoms with van der Waals surface area (Å²) < 4.78 is 5.83. The molecule has 1 amide bonds. The largest absolute Gasteiger partial charge is 0.464 e. The summed E-state index contributed by atoms with van der Waals surface area (Å²) in [5.41, 5.74) is 0.